The summed E-state index contributed by atoms with van der Waals surface area (Å²) in [4.78, 5) is 15.1. The van der Waals surface area contributed by atoms with Gasteiger partial charge < -0.3 is 14.4 Å². The first-order valence-electron chi connectivity index (χ1n) is 11.2. The molecule has 0 N–H and O–H groups in total. The highest BCUT2D eigenvalue weighted by molar-refractivity contribution is 5.97. The number of benzene rings is 2. The number of carbonyl (C=O) groups is 1. The van der Waals surface area contributed by atoms with E-state index in [1.165, 1.54) is 0 Å². The molecule has 2 aromatic carbocycles. The summed E-state index contributed by atoms with van der Waals surface area (Å²) in [7, 11) is 1.95. The van der Waals surface area contributed by atoms with Crippen LogP contribution in [-0.2, 0) is 12.6 Å². The van der Waals surface area contributed by atoms with Crippen LogP contribution >= 0.6 is 0 Å². The van der Waals surface area contributed by atoms with Gasteiger partial charge in [-0.2, -0.15) is 10.4 Å². The van der Waals surface area contributed by atoms with Gasteiger partial charge in [0.15, 0.2) is 0 Å². The van der Waals surface area contributed by atoms with E-state index in [0.717, 1.165) is 22.6 Å². The third kappa shape index (κ3) is 3.52. The standard InChI is InChI=1S/C26H26N4O3/c1-17(2)32-19-8-9-20(18(14-19)15-27)25(31)30-12-10-26(11-13-30)22-16-28-29(3)24(22)21-6-4-5-7-23(21)33-26/h4-9,14,16-17H,10-13H2,1-3H3. The number of aromatic nitrogens is 2. The first-order valence-corrected chi connectivity index (χ1v) is 11.2. The minimum Gasteiger partial charge on any atom is -0.491 e. The van der Waals surface area contributed by atoms with Crippen molar-refractivity contribution in [3.05, 3.63) is 65.4 Å². The van der Waals surface area contributed by atoms with Crippen molar-refractivity contribution in [2.24, 2.45) is 7.05 Å². The SMILES string of the molecule is CC(C)Oc1ccc(C(=O)N2CCC3(CC2)Oc2ccccc2-c2c3cnn2C)c(C#N)c1. The zero-order valence-corrected chi connectivity index (χ0v) is 19.0. The summed E-state index contributed by atoms with van der Waals surface area (Å²) in [6.07, 6.45) is 3.20. The Morgan fingerprint density at radius 3 is 2.70 bits per heavy atom. The summed E-state index contributed by atoms with van der Waals surface area (Å²) < 4.78 is 14.1. The van der Waals surface area contributed by atoms with Crippen LogP contribution in [0.15, 0.2) is 48.7 Å². The molecule has 7 heteroatoms. The fraction of sp³-hybridized carbons (Fsp3) is 0.346. The zero-order valence-electron chi connectivity index (χ0n) is 19.0. The van der Waals surface area contributed by atoms with Crippen molar-refractivity contribution in [1.29, 1.82) is 5.26 Å². The molecule has 0 unspecified atom stereocenters. The molecule has 2 aliphatic rings. The van der Waals surface area contributed by atoms with E-state index in [9.17, 15) is 10.1 Å². The smallest absolute Gasteiger partial charge is 0.255 e. The van der Waals surface area contributed by atoms with Crippen molar-refractivity contribution in [1.82, 2.24) is 14.7 Å². The molecular formula is C26H26N4O3. The predicted octanol–water partition coefficient (Wildman–Crippen LogP) is 4.27. The van der Waals surface area contributed by atoms with E-state index in [0.29, 0.717) is 42.8 Å². The van der Waals surface area contributed by atoms with Crippen LogP contribution in [0.25, 0.3) is 11.3 Å². The van der Waals surface area contributed by atoms with Crippen LogP contribution in [0.3, 0.4) is 0 Å². The third-order valence-electron chi connectivity index (χ3n) is 6.45. The number of ether oxygens (including phenoxy) is 2. The second-order valence-electron chi connectivity index (χ2n) is 8.90. The highest BCUT2D eigenvalue weighted by Gasteiger charge is 2.46. The van der Waals surface area contributed by atoms with Gasteiger partial charge in [-0.25, -0.2) is 0 Å². The fourth-order valence-corrected chi connectivity index (χ4v) is 4.87. The number of nitrogens with zero attached hydrogens (tertiary/aromatic N) is 4. The number of rotatable bonds is 3. The number of para-hydroxylation sites is 1. The molecule has 0 saturated carbocycles. The lowest BCUT2D eigenvalue weighted by Gasteiger charge is -2.44. The molecule has 5 rings (SSSR count). The number of nitriles is 1. The number of likely N-dealkylation sites (tertiary alicyclic amines) is 1. The molecule has 33 heavy (non-hydrogen) atoms. The molecular weight excluding hydrogens is 416 g/mol. The summed E-state index contributed by atoms with van der Waals surface area (Å²) in [5, 5.41) is 14.1. The number of hydrogen-bond donors (Lipinski definition) is 0. The molecule has 1 fully saturated rings. The van der Waals surface area contributed by atoms with Crippen LogP contribution < -0.4 is 9.47 Å². The molecule has 2 aliphatic heterocycles. The van der Waals surface area contributed by atoms with Crippen molar-refractivity contribution in [3.8, 4) is 28.8 Å². The van der Waals surface area contributed by atoms with E-state index in [-0.39, 0.29) is 12.0 Å². The maximum absolute atomic E-state index is 13.3. The highest BCUT2D eigenvalue weighted by atomic mass is 16.5. The number of aryl methyl sites for hydroxylation is 1. The Balaban J connectivity index is 1.39. The Hall–Kier alpha value is -3.79. The average molecular weight is 443 g/mol. The van der Waals surface area contributed by atoms with Crippen molar-refractivity contribution in [3.63, 3.8) is 0 Å². The van der Waals surface area contributed by atoms with Gasteiger partial charge in [0.2, 0.25) is 0 Å². The lowest BCUT2D eigenvalue weighted by atomic mass is 9.81. The second kappa shape index (κ2) is 7.96. The summed E-state index contributed by atoms with van der Waals surface area (Å²) in [6.45, 7) is 4.91. The molecule has 1 spiro atoms. The van der Waals surface area contributed by atoms with Crippen LogP contribution in [0, 0.1) is 11.3 Å². The van der Waals surface area contributed by atoms with Crippen LogP contribution in [0.4, 0.5) is 0 Å². The maximum Gasteiger partial charge on any atom is 0.255 e. The van der Waals surface area contributed by atoms with Gasteiger partial charge in [0, 0.05) is 44.1 Å². The van der Waals surface area contributed by atoms with Gasteiger partial charge >= 0.3 is 0 Å². The zero-order chi connectivity index (χ0) is 23.2. The minimum atomic E-state index is -0.512. The van der Waals surface area contributed by atoms with Crippen LogP contribution in [0.2, 0.25) is 0 Å². The number of fused-ring (bicyclic) bond motifs is 4. The summed E-state index contributed by atoms with van der Waals surface area (Å²) in [5.41, 5.74) is 3.41. The molecule has 0 bridgehead atoms. The molecule has 1 saturated heterocycles. The first kappa shape index (κ1) is 21.1. The molecule has 3 heterocycles. The van der Waals surface area contributed by atoms with Crippen molar-refractivity contribution in [2.45, 2.75) is 38.4 Å². The van der Waals surface area contributed by atoms with E-state index in [1.807, 2.05) is 54.9 Å². The average Bonchev–Trinajstić information content (AvgIpc) is 3.21. The summed E-state index contributed by atoms with van der Waals surface area (Å²) in [6, 6.07) is 15.3. The Morgan fingerprint density at radius 2 is 1.97 bits per heavy atom. The largest absolute Gasteiger partial charge is 0.491 e. The number of piperidine rings is 1. The Labute approximate surface area is 193 Å². The van der Waals surface area contributed by atoms with Gasteiger partial charge in [0.25, 0.3) is 5.91 Å². The predicted molar refractivity (Wildman–Crippen MR) is 123 cm³/mol. The maximum atomic E-state index is 13.3. The molecule has 168 valence electrons. The quantitative estimate of drug-likeness (QED) is 0.605. The Kier molecular flexibility index (Phi) is 5.09. The minimum absolute atomic E-state index is 0.00521. The van der Waals surface area contributed by atoms with Crippen LogP contribution in [-0.4, -0.2) is 39.8 Å². The number of hydrogen-bond acceptors (Lipinski definition) is 5. The highest BCUT2D eigenvalue weighted by Crippen LogP contribution is 2.49. The van der Waals surface area contributed by atoms with E-state index in [2.05, 4.69) is 17.2 Å². The fourth-order valence-electron chi connectivity index (χ4n) is 4.87. The Morgan fingerprint density at radius 1 is 1.21 bits per heavy atom. The molecule has 0 radical (unpaired) electrons. The summed E-state index contributed by atoms with van der Waals surface area (Å²) in [5.74, 6) is 1.30. The third-order valence-corrected chi connectivity index (χ3v) is 6.45. The normalized spacial score (nSPS) is 16.0. The van der Waals surface area contributed by atoms with Crippen molar-refractivity contribution in [2.75, 3.05) is 13.1 Å². The van der Waals surface area contributed by atoms with E-state index in [1.54, 1.807) is 18.2 Å². The van der Waals surface area contributed by atoms with Gasteiger partial charge in [-0.3, -0.25) is 9.48 Å². The molecule has 1 amide bonds. The van der Waals surface area contributed by atoms with Gasteiger partial charge in [0.1, 0.15) is 23.2 Å². The Bertz CT molecular complexity index is 1260. The molecule has 7 nitrogen and oxygen atoms in total. The monoisotopic (exact) mass is 442 g/mol. The lowest BCUT2D eigenvalue weighted by Crippen LogP contribution is -2.49. The van der Waals surface area contributed by atoms with Crippen molar-refractivity contribution >= 4 is 5.91 Å². The van der Waals surface area contributed by atoms with Gasteiger partial charge in [-0.1, -0.05) is 12.1 Å². The van der Waals surface area contributed by atoms with Gasteiger partial charge in [-0.15, -0.1) is 0 Å². The van der Waals surface area contributed by atoms with E-state index < -0.39 is 5.60 Å². The molecule has 3 aromatic rings. The lowest BCUT2D eigenvalue weighted by molar-refractivity contribution is -0.00173. The van der Waals surface area contributed by atoms with Crippen LogP contribution in [0.5, 0.6) is 11.5 Å². The number of amides is 1. The molecule has 0 aliphatic carbocycles. The van der Waals surface area contributed by atoms with E-state index in [4.69, 9.17) is 9.47 Å². The van der Waals surface area contributed by atoms with Crippen LogP contribution in [0.1, 0.15) is 48.2 Å². The van der Waals surface area contributed by atoms with E-state index >= 15 is 0 Å². The van der Waals surface area contributed by atoms with Crippen molar-refractivity contribution < 1.29 is 14.3 Å². The van der Waals surface area contributed by atoms with Gasteiger partial charge in [0.05, 0.1) is 29.1 Å². The molecule has 0 atom stereocenters. The summed E-state index contributed by atoms with van der Waals surface area (Å²) >= 11 is 0. The molecule has 1 aromatic heterocycles. The topological polar surface area (TPSA) is 80.4 Å². The first-order chi connectivity index (χ1) is 15.9. The number of carbonyl (C=O) groups excluding carboxylic acids is 1. The second-order valence-corrected chi connectivity index (χ2v) is 8.90. The van der Waals surface area contributed by atoms with Gasteiger partial charge in [-0.05, 0) is 44.2 Å².